The SMILES string of the molecule is CC(Cc1c[nH]c2ccccc12)(C(=O)NCCc1ccco1)N(C(=O)O)C1C2CC3CC(C2)CC1C3. The number of nitrogens with one attached hydrogen (secondary N) is 2. The number of hydrogen-bond acceptors (Lipinski definition) is 3. The van der Waals surface area contributed by atoms with Crippen LogP contribution in [-0.2, 0) is 17.6 Å². The molecule has 0 saturated heterocycles. The monoisotopic (exact) mass is 489 g/mol. The van der Waals surface area contributed by atoms with Gasteiger partial charge in [-0.15, -0.1) is 0 Å². The third-order valence-electron chi connectivity index (χ3n) is 9.15. The van der Waals surface area contributed by atoms with Crippen LogP contribution in [0.4, 0.5) is 4.79 Å². The second-order valence-electron chi connectivity index (χ2n) is 11.5. The zero-order valence-electron chi connectivity index (χ0n) is 20.8. The van der Waals surface area contributed by atoms with E-state index < -0.39 is 11.6 Å². The second-order valence-corrected chi connectivity index (χ2v) is 11.5. The summed E-state index contributed by atoms with van der Waals surface area (Å²) in [6.45, 7) is 2.22. The van der Waals surface area contributed by atoms with E-state index >= 15 is 0 Å². The number of benzene rings is 1. The number of hydrogen-bond donors (Lipinski definition) is 3. The minimum absolute atomic E-state index is 0.110. The maximum Gasteiger partial charge on any atom is 0.408 e. The van der Waals surface area contributed by atoms with Gasteiger partial charge in [-0.2, -0.15) is 0 Å². The van der Waals surface area contributed by atoms with Crippen molar-refractivity contribution in [3.8, 4) is 0 Å². The topological polar surface area (TPSA) is 98.6 Å². The van der Waals surface area contributed by atoms with Gasteiger partial charge in [-0.3, -0.25) is 9.69 Å². The molecule has 3 N–H and O–H groups in total. The van der Waals surface area contributed by atoms with E-state index in [4.69, 9.17) is 4.42 Å². The predicted octanol–water partition coefficient (Wildman–Crippen LogP) is 5.23. The van der Waals surface area contributed by atoms with Gasteiger partial charge < -0.3 is 19.8 Å². The lowest BCUT2D eigenvalue weighted by Crippen LogP contribution is -2.68. The van der Waals surface area contributed by atoms with E-state index in [0.717, 1.165) is 59.7 Å². The van der Waals surface area contributed by atoms with Crippen molar-refractivity contribution < 1.29 is 19.1 Å². The van der Waals surface area contributed by atoms with Crippen LogP contribution in [0.5, 0.6) is 0 Å². The summed E-state index contributed by atoms with van der Waals surface area (Å²) in [4.78, 5) is 31.9. The molecule has 0 aliphatic heterocycles. The standard InChI is InChI=1S/C29H35N3O4/c1-29(27(33)30-9-8-23-5-4-10-36-23,16-22-17-31-25-7-3-2-6-24(22)25)32(28(34)35)26-20-12-18-11-19(14-20)15-21(26)13-18/h2-7,10,17-21,26,31H,8-9,11-16H2,1H3,(H,30,33)(H,34,35). The van der Waals surface area contributed by atoms with Crippen molar-refractivity contribution in [2.75, 3.05) is 6.54 Å². The number of aromatic amines is 1. The lowest BCUT2D eigenvalue weighted by Gasteiger charge is -2.59. The number of carbonyl (C=O) groups is 2. The van der Waals surface area contributed by atoms with Gasteiger partial charge in [0.25, 0.3) is 0 Å². The summed E-state index contributed by atoms with van der Waals surface area (Å²) < 4.78 is 5.42. The first-order chi connectivity index (χ1) is 17.4. The summed E-state index contributed by atoms with van der Waals surface area (Å²) >= 11 is 0. The van der Waals surface area contributed by atoms with Gasteiger partial charge in [-0.05, 0) is 86.5 Å². The van der Waals surface area contributed by atoms with E-state index in [1.807, 2.05) is 49.5 Å². The number of amides is 2. The molecule has 1 atom stereocenters. The molecule has 36 heavy (non-hydrogen) atoms. The third kappa shape index (κ3) is 3.98. The highest BCUT2D eigenvalue weighted by atomic mass is 16.4. The fourth-order valence-corrected chi connectivity index (χ4v) is 7.85. The normalized spacial score (nSPS) is 28.2. The molecule has 4 fully saturated rings. The van der Waals surface area contributed by atoms with Gasteiger partial charge in [-0.1, -0.05) is 18.2 Å². The Bertz CT molecular complexity index is 1220. The highest BCUT2D eigenvalue weighted by Crippen LogP contribution is 2.56. The molecular weight excluding hydrogens is 454 g/mol. The molecule has 0 radical (unpaired) electrons. The Morgan fingerprint density at radius 2 is 1.81 bits per heavy atom. The Kier molecular flexibility index (Phi) is 5.81. The third-order valence-corrected chi connectivity index (χ3v) is 9.15. The Labute approximate surface area is 211 Å². The second kappa shape index (κ2) is 9.02. The molecule has 2 aromatic heterocycles. The molecule has 2 heterocycles. The fraction of sp³-hybridized carbons (Fsp3) is 0.517. The van der Waals surface area contributed by atoms with Crippen molar-refractivity contribution in [2.45, 2.75) is 63.5 Å². The van der Waals surface area contributed by atoms with E-state index in [1.54, 1.807) is 11.2 Å². The van der Waals surface area contributed by atoms with Gasteiger partial charge in [0.2, 0.25) is 5.91 Å². The fourth-order valence-electron chi connectivity index (χ4n) is 7.85. The number of nitrogens with zero attached hydrogens (tertiary/aromatic N) is 1. The first-order valence-electron chi connectivity index (χ1n) is 13.3. The minimum Gasteiger partial charge on any atom is -0.469 e. The Morgan fingerprint density at radius 1 is 1.08 bits per heavy atom. The molecule has 0 spiro atoms. The van der Waals surface area contributed by atoms with Crippen LogP contribution >= 0.6 is 0 Å². The Balaban J connectivity index is 1.34. The molecule has 4 aliphatic rings. The molecule has 3 aromatic rings. The van der Waals surface area contributed by atoms with E-state index in [2.05, 4.69) is 10.3 Å². The minimum atomic E-state index is -1.24. The number of rotatable bonds is 8. The number of furan rings is 1. The smallest absolute Gasteiger partial charge is 0.408 e. The average Bonchev–Trinajstić information content (AvgIpc) is 3.51. The molecule has 1 aromatic carbocycles. The summed E-state index contributed by atoms with van der Waals surface area (Å²) in [5.41, 5.74) is 0.717. The number of fused-ring (bicyclic) bond motifs is 1. The van der Waals surface area contributed by atoms with E-state index in [1.165, 1.54) is 6.42 Å². The van der Waals surface area contributed by atoms with Crippen molar-refractivity contribution in [3.63, 3.8) is 0 Å². The molecule has 7 nitrogen and oxygen atoms in total. The van der Waals surface area contributed by atoms with E-state index in [0.29, 0.717) is 31.2 Å². The number of carbonyl (C=O) groups excluding carboxylic acids is 1. The maximum atomic E-state index is 14.0. The summed E-state index contributed by atoms with van der Waals surface area (Å²) in [6, 6.07) is 11.6. The number of para-hydroxylation sites is 1. The van der Waals surface area contributed by atoms with Crippen LogP contribution in [-0.4, -0.2) is 45.1 Å². The molecule has 4 saturated carbocycles. The number of H-pyrrole nitrogens is 1. The van der Waals surface area contributed by atoms with Gasteiger partial charge in [-0.25, -0.2) is 4.79 Å². The van der Waals surface area contributed by atoms with Crippen molar-refractivity contribution in [1.82, 2.24) is 15.2 Å². The van der Waals surface area contributed by atoms with Crippen molar-refractivity contribution in [1.29, 1.82) is 0 Å². The predicted molar refractivity (Wildman–Crippen MR) is 137 cm³/mol. The van der Waals surface area contributed by atoms with Crippen LogP contribution in [0.1, 0.15) is 50.4 Å². The number of carboxylic acid groups (broad SMARTS) is 1. The summed E-state index contributed by atoms with van der Waals surface area (Å²) in [7, 11) is 0. The van der Waals surface area contributed by atoms with Crippen molar-refractivity contribution >= 4 is 22.9 Å². The quantitative estimate of drug-likeness (QED) is 0.404. The van der Waals surface area contributed by atoms with Crippen LogP contribution in [0.3, 0.4) is 0 Å². The molecule has 2 amide bonds. The molecule has 4 bridgehead atoms. The van der Waals surface area contributed by atoms with Crippen molar-refractivity contribution in [2.24, 2.45) is 23.7 Å². The van der Waals surface area contributed by atoms with Crippen LogP contribution in [0.15, 0.2) is 53.3 Å². The molecular formula is C29H35N3O4. The molecule has 4 aliphatic carbocycles. The first-order valence-corrected chi connectivity index (χ1v) is 13.3. The largest absolute Gasteiger partial charge is 0.469 e. The Morgan fingerprint density at radius 3 is 2.47 bits per heavy atom. The Hall–Kier alpha value is -3.22. The molecule has 7 rings (SSSR count). The summed E-state index contributed by atoms with van der Waals surface area (Å²) in [5.74, 6) is 2.69. The van der Waals surface area contributed by atoms with Crippen LogP contribution in [0.25, 0.3) is 10.9 Å². The van der Waals surface area contributed by atoms with Gasteiger partial charge >= 0.3 is 6.09 Å². The van der Waals surface area contributed by atoms with Gasteiger partial charge in [0, 0.05) is 42.5 Å². The highest BCUT2D eigenvalue weighted by molar-refractivity contribution is 5.91. The van der Waals surface area contributed by atoms with E-state index in [-0.39, 0.29) is 11.9 Å². The zero-order valence-corrected chi connectivity index (χ0v) is 20.8. The first kappa shape index (κ1) is 23.2. The summed E-state index contributed by atoms with van der Waals surface area (Å²) in [5, 5.41) is 14.8. The molecule has 7 heteroatoms. The van der Waals surface area contributed by atoms with Gasteiger partial charge in [0.1, 0.15) is 11.3 Å². The van der Waals surface area contributed by atoms with Crippen LogP contribution in [0.2, 0.25) is 0 Å². The average molecular weight is 490 g/mol. The molecule has 190 valence electrons. The zero-order chi connectivity index (χ0) is 24.9. The lowest BCUT2D eigenvalue weighted by atomic mass is 9.53. The lowest BCUT2D eigenvalue weighted by molar-refractivity contribution is -0.140. The highest BCUT2D eigenvalue weighted by Gasteiger charge is 2.56. The van der Waals surface area contributed by atoms with Crippen LogP contribution < -0.4 is 5.32 Å². The van der Waals surface area contributed by atoms with E-state index in [9.17, 15) is 14.7 Å². The molecule has 1 unspecified atom stereocenters. The number of aromatic nitrogens is 1. The van der Waals surface area contributed by atoms with Crippen molar-refractivity contribution in [3.05, 3.63) is 60.2 Å². The van der Waals surface area contributed by atoms with Gasteiger partial charge in [0.05, 0.1) is 6.26 Å². The maximum absolute atomic E-state index is 14.0. The van der Waals surface area contributed by atoms with Gasteiger partial charge in [0.15, 0.2) is 0 Å². The summed E-state index contributed by atoms with van der Waals surface area (Å²) in [6.07, 6.45) is 9.09. The van der Waals surface area contributed by atoms with Crippen LogP contribution in [0, 0.1) is 23.7 Å².